The predicted molar refractivity (Wildman–Crippen MR) is 92.5 cm³/mol. The van der Waals surface area contributed by atoms with Gasteiger partial charge >= 0.3 is 5.97 Å². The predicted octanol–water partition coefficient (Wildman–Crippen LogP) is 4.11. The van der Waals surface area contributed by atoms with Crippen molar-refractivity contribution in [3.05, 3.63) is 69.3 Å². The van der Waals surface area contributed by atoms with E-state index in [1.54, 1.807) is 13.2 Å². The number of hydrogen-bond acceptors (Lipinski definition) is 4. The zero-order valence-corrected chi connectivity index (χ0v) is 14.3. The van der Waals surface area contributed by atoms with Gasteiger partial charge < -0.3 is 9.47 Å². The van der Waals surface area contributed by atoms with Crippen molar-refractivity contribution in [2.45, 2.75) is 6.92 Å². The van der Waals surface area contributed by atoms with E-state index < -0.39 is 5.97 Å². The molecule has 3 rings (SSSR count). The van der Waals surface area contributed by atoms with Crippen molar-refractivity contribution in [3.8, 4) is 5.75 Å². The van der Waals surface area contributed by atoms with Gasteiger partial charge in [-0.05, 0) is 43.3 Å². The van der Waals surface area contributed by atoms with Gasteiger partial charge in [0.1, 0.15) is 5.75 Å². The van der Waals surface area contributed by atoms with Crippen molar-refractivity contribution in [2.24, 2.45) is 4.99 Å². The van der Waals surface area contributed by atoms with E-state index >= 15 is 0 Å². The Morgan fingerprint density at radius 2 is 2.04 bits per heavy atom. The van der Waals surface area contributed by atoms with E-state index in [1.807, 2.05) is 49.4 Å². The Kier molecular flexibility index (Phi) is 4.30. The first-order valence-corrected chi connectivity index (χ1v) is 7.79. The molecule has 0 N–H and O–H groups in total. The molecule has 5 heteroatoms. The van der Waals surface area contributed by atoms with Gasteiger partial charge in [-0.2, -0.15) is 0 Å². The molecule has 0 radical (unpaired) electrons. The van der Waals surface area contributed by atoms with Crippen LogP contribution >= 0.6 is 15.9 Å². The maximum Gasteiger partial charge on any atom is 0.363 e. The van der Waals surface area contributed by atoms with E-state index in [0.717, 1.165) is 21.2 Å². The highest BCUT2D eigenvalue weighted by Gasteiger charge is 2.24. The first kappa shape index (κ1) is 15.5. The number of carbonyl (C=O) groups is 1. The van der Waals surface area contributed by atoms with Crippen LogP contribution in [0.4, 0.5) is 0 Å². The Morgan fingerprint density at radius 1 is 1.22 bits per heavy atom. The Labute approximate surface area is 142 Å². The molecule has 23 heavy (non-hydrogen) atoms. The van der Waals surface area contributed by atoms with Gasteiger partial charge in [0.2, 0.25) is 5.90 Å². The molecular formula is C18H14BrNO3. The number of hydrogen-bond donors (Lipinski definition) is 0. The topological polar surface area (TPSA) is 47.9 Å². The summed E-state index contributed by atoms with van der Waals surface area (Å²) in [7, 11) is 1.58. The first-order valence-electron chi connectivity index (χ1n) is 7.00. The second kappa shape index (κ2) is 6.38. The highest BCUT2D eigenvalue weighted by Crippen LogP contribution is 2.27. The van der Waals surface area contributed by atoms with Crippen LogP contribution in [0.3, 0.4) is 0 Å². The smallest absolute Gasteiger partial charge is 0.363 e. The van der Waals surface area contributed by atoms with Gasteiger partial charge in [-0.3, -0.25) is 0 Å². The van der Waals surface area contributed by atoms with Gasteiger partial charge in [0, 0.05) is 15.6 Å². The molecule has 1 aliphatic heterocycles. The Bertz CT molecular complexity index is 840. The molecule has 4 nitrogen and oxygen atoms in total. The van der Waals surface area contributed by atoms with Crippen LogP contribution in [-0.4, -0.2) is 19.0 Å². The summed E-state index contributed by atoms with van der Waals surface area (Å²) >= 11 is 3.41. The summed E-state index contributed by atoms with van der Waals surface area (Å²) in [5.74, 6) is 0.509. The summed E-state index contributed by atoms with van der Waals surface area (Å²) in [6, 6.07) is 13.2. The van der Waals surface area contributed by atoms with Crippen LogP contribution in [0.2, 0.25) is 0 Å². The van der Waals surface area contributed by atoms with Crippen molar-refractivity contribution in [1.82, 2.24) is 0 Å². The molecule has 0 bridgehead atoms. The summed E-state index contributed by atoms with van der Waals surface area (Å²) in [5.41, 5.74) is 2.86. The van der Waals surface area contributed by atoms with Crippen LogP contribution in [0, 0.1) is 6.92 Å². The SMILES string of the molecule is COc1ccc(Br)cc1/C=C1\N=C(c2cccc(C)c2)OC1=O. The summed E-state index contributed by atoms with van der Waals surface area (Å²) in [5, 5.41) is 0. The lowest BCUT2D eigenvalue weighted by Crippen LogP contribution is -2.05. The molecule has 0 aromatic heterocycles. The highest BCUT2D eigenvalue weighted by atomic mass is 79.9. The van der Waals surface area contributed by atoms with E-state index in [4.69, 9.17) is 9.47 Å². The standard InChI is InChI=1S/C18H14BrNO3/c1-11-4-3-5-12(8-11)17-20-15(18(21)23-17)10-13-9-14(19)6-7-16(13)22-2/h3-10H,1-2H3/b15-10-. The lowest BCUT2D eigenvalue weighted by atomic mass is 10.1. The van der Waals surface area contributed by atoms with Crippen molar-refractivity contribution in [3.63, 3.8) is 0 Å². The van der Waals surface area contributed by atoms with Crippen LogP contribution in [0.25, 0.3) is 6.08 Å². The number of nitrogens with zero attached hydrogens (tertiary/aromatic N) is 1. The van der Waals surface area contributed by atoms with Gasteiger partial charge in [0.25, 0.3) is 0 Å². The van der Waals surface area contributed by atoms with E-state index in [9.17, 15) is 4.79 Å². The zero-order chi connectivity index (χ0) is 16.4. The monoisotopic (exact) mass is 371 g/mol. The maximum atomic E-state index is 12.1. The minimum absolute atomic E-state index is 0.248. The van der Waals surface area contributed by atoms with Crippen LogP contribution in [-0.2, 0) is 9.53 Å². The van der Waals surface area contributed by atoms with Gasteiger partial charge in [-0.15, -0.1) is 0 Å². The first-order chi connectivity index (χ1) is 11.1. The third kappa shape index (κ3) is 3.35. The molecule has 0 atom stereocenters. The Morgan fingerprint density at radius 3 is 2.78 bits per heavy atom. The molecule has 1 aliphatic rings. The van der Waals surface area contributed by atoms with Gasteiger partial charge in [0.05, 0.1) is 7.11 Å². The Balaban J connectivity index is 2.00. The number of aryl methyl sites for hydroxylation is 1. The summed E-state index contributed by atoms with van der Waals surface area (Å²) in [4.78, 5) is 16.4. The number of carbonyl (C=O) groups excluding carboxylic acids is 1. The molecule has 0 fully saturated rings. The summed E-state index contributed by atoms with van der Waals surface area (Å²) < 4.78 is 11.5. The second-order valence-corrected chi connectivity index (χ2v) is 6.01. The van der Waals surface area contributed by atoms with Crippen LogP contribution in [0.15, 0.2) is 57.6 Å². The average Bonchev–Trinajstić information content (AvgIpc) is 2.89. The normalized spacial score (nSPS) is 15.5. The number of rotatable bonds is 3. The van der Waals surface area contributed by atoms with E-state index in [2.05, 4.69) is 20.9 Å². The number of cyclic esters (lactones) is 1. The molecule has 1 heterocycles. The molecule has 2 aromatic rings. The molecule has 0 spiro atoms. The van der Waals surface area contributed by atoms with Crippen molar-refractivity contribution in [1.29, 1.82) is 0 Å². The van der Waals surface area contributed by atoms with E-state index in [-0.39, 0.29) is 5.70 Å². The van der Waals surface area contributed by atoms with Crippen LogP contribution < -0.4 is 4.74 Å². The molecule has 0 saturated carbocycles. The van der Waals surface area contributed by atoms with E-state index in [1.165, 1.54) is 0 Å². The number of benzene rings is 2. The zero-order valence-electron chi connectivity index (χ0n) is 12.7. The van der Waals surface area contributed by atoms with E-state index in [0.29, 0.717) is 11.6 Å². The highest BCUT2D eigenvalue weighted by molar-refractivity contribution is 9.10. The second-order valence-electron chi connectivity index (χ2n) is 5.09. The lowest BCUT2D eigenvalue weighted by molar-refractivity contribution is -0.129. The quantitative estimate of drug-likeness (QED) is 0.602. The number of ether oxygens (including phenoxy) is 2. The van der Waals surface area contributed by atoms with Gasteiger partial charge in [-0.25, -0.2) is 9.79 Å². The fourth-order valence-corrected chi connectivity index (χ4v) is 2.65. The minimum atomic E-state index is -0.469. The van der Waals surface area contributed by atoms with Crippen LogP contribution in [0.1, 0.15) is 16.7 Å². The molecule has 0 unspecified atom stereocenters. The molecule has 0 saturated heterocycles. The molecule has 0 amide bonds. The van der Waals surface area contributed by atoms with Crippen molar-refractivity contribution in [2.75, 3.05) is 7.11 Å². The summed E-state index contributed by atoms with van der Waals surface area (Å²) in [6.07, 6.45) is 1.66. The average molecular weight is 372 g/mol. The summed E-state index contributed by atoms with van der Waals surface area (Å²) in [6.45, 7) is 1.98. The fourth-order valence-electron chi connectivity index (χ4n) is 2.28. The van der Waals surface area contributed by atoms with Gasteiger partial charge in [0.15, 0.2) is 5.70 Å². The van der Waals surface area contributed by atoms with Crippen LogP contribution in [0.5, 0.6) is 5.75 Å². The molecule has 2 aromatic carbocycles. The van der Waals surface area contributed by atoms with Crippen molar-refractivity contribution < 1.29 is 14.3 Å². The fraction of sp³-hybridized carbons (Fsp3) is 0.111. The van der Waals surface area contributed by atoms with Gasteiger partial charge in [-0.1, -0.05) is 33.6 Å². The minimum Gasteiger partial charge on any atom is -0.496 e. The number of aliphatic imine (C=N–C) groups is 1. The largest absolute Gasteiger partial charge is 0.496 e. The molecular weight excluding hydrogens is 358 g/mol. The Hall–Kier alpha value is -2.40. The molecule has 0 aliphatic carbocycles. The number of methoxy groups -OCH3 is 1. The number of esters is 1. The third-order valence-electron chi connectivity index (χ3n) is 3.37. The van der Waals surface area contributed by atoms with Crippen molar-refractivity contribution >= 4 is 33.9 Å². The lowest BCUT2D eigenvalue weighted by Gasteiger charge is -2.04. The third-order valence-corrected chi connectivity index (χ3v) is 3.86. The molecule has 116 valence electrons. The number of halogens is 1. The maximum absolute atomic E-state index is 12.1.